The van der Waals surface area contributed by atoms with Crippen molar-refractivity contribution >= 4 is 11.9 Å². The molecule has 0 heterocycles. The molecule has 0 fully saturated rings. The van der Waals surface area contributed by atoms with Gasteiger partial charge in [-0.05, 0) is 6.42 Å². The smallest absolute Gasteiger partial charge is 0.329 e. The van der Waals surface area contributed by atoms with Crippen molar-refractivity contribution in [2.45, 2.75) is 13.3 Å². The number of carboxylic acids is 1. The van der Waals surface area contributed by atoms with Gasteiger partial charge in [0.1, 0.15) is 13.2 Å². The molecule has 0 aliphatic carbocycles. The first-order chi connectivity index (χ1) is 7.61. The Morgan fingerprint density at radius 1 is 1.25 bits per heavy atom. The molecule has 0 radical (unpaired) electrons. The number of ether oxygens (including phenoxy) is 2. The fourth-order valence-corrected chi connectivity index (χ4v) is 1.15. The fourth-order valence-electron chi connectivity index (χ4n) is 1.15. The zero-order valence-electron chi connectivity index (χ0n) is 9.77. The van der Waals surface area contributed by atoms with Gasteiger partial charge in [0.25, 0.3) is 0 Å². The quantitative estimate of drug-likeness (QED) is 0.605. The number of aliphatic carboxylic acids is 1. The summed E-state index contributed by atoms with van der Waals surface area (Å²) in [5, 5.41) is 8.34. The van der Waals surface area contributed by atoms with Gasteiger partial charge in [0.2, 0.25) is 5.91 Å². The van der Waals surface area contributed by atoms with Crippen LogP contribution in [-0.2, 0) is 19.1 Å². The third kappa shape index (κ3) is 7.19. The lowest BCUT2D eigenvalue weighted by Gasteiger charge is -2.21. The summed E-state index contributed by atoms with van der Waals surface area (Å²) in [4.78, 5) is 23.4. The maximum atomic E-state index is 11.6. The number of carbonyl (C=O) groups is 2. The van der Waals surface area contributed by atoms with E-state index >= 15 is 0 Å². The highest BCUT2D eigenvalue weighted by molar-refractivity contribution is 5.78. The Hall–Kier alpha value is -1.14. The molecule has 0 rings (SSSR count). The van der Waals surface area contributed by atoms with Crippen LogP contribution in [0.25, 0.3) is 0 Å². The minimum absolute atomic E-state index is 0.198. The third-order valence-corrected chi connectivity index (χ3v) is 1.86. The van der Waals surface area contributed by atoms with Gasteiger partial charge >= 0.3 is 5.97 Å². The van der Waals surface area contributed by atoms with E-state index in [0.29, 0.717) is 19.7 Å². The maximum Gasteiger partial charge on any atom is 0.329 e. The average Bonchev–Trinajstić information content (AvgIpc) is 2.23. The number of nitrogens with zero attached hydrogens (tertiary/aromatic N) is 1. The Morgan fingerprint density at radius 2 is 1.94 bits per heavy atom. The van der Waals surface area contributed by atoms with Crippen LogP contribution in [0.4, 0.5) is 0 Å². The highest BCUT2D eigenvalue weighted by Gasteiger charge is 2.12. The molecule has 0 aromatic heterocycles. The van der Waals surface area contributed by atoms with E-state index in [1.807, 2.05) is 6.92 Å². The molecule has 0 aliphatic heterocycles. The number of methoxy groups -OCH3 is 1. The van der Waals surface area contributed by atoms with Crippen molar-refractivity contribution in [3.63, 3.8) is 0 Å². The predicted octanol–water partition coefficient (Wildman–Crippen LogP) is -0.0274. The van der Waals surface area contributed by atoms with E-state index in [-0.39, 0.29) is 12.5 Å². The number of hydrogen-bond acceptors (Lipinski definition) is 4. The Kier molecular flexibility index (Phi) is 8.46. The number of carbonyl (C=O) groups excluding carboxylic acids is 1. The van der Waals surface area contributed by atoms with Gasteiger partial charge in [0.15, 0.2) is 0 Å². The van der Waals surface area contributed by atoms with Crippen LogP contribution in [0.15, 0.2) is 0 Å². The highest BCUT2D eigenvalue weighted by Crippen LogP contribution is 1.94. The summed E-state index contributed by atoms with van der Waals surface area (Å²) >= 11 is 0. The van der Waals surface area contributed by atoms with Crippen molar-refractivity contribution < 1.29 is 24.2 Å². The van der Waals surface area contributed by atoms with Crippen molar-refractivity contribution in [3.05, 3.63) is 0 Å². The summed E-state index contributed by atoms with van der Waals surface area (Å²) in [6.45, 7) is 2.90. The molecule has 0 spiro atoms. The zero-order chi connectivity index (χ0) is 12.4. The van der Waals surface area contributed by atoms with Gasteiger partial charge in [-0.2, -0.15) is 0 Å². The molecule has 6 nitrogen and oxygen atoms in total. The topological polar surface area (TPSA) is 76.1 Å². The first-order valence-electron chi connectivity index (χ1n) is 5.18. The molecule has 0 aromatic rings. The second kappa shape index (κ2) is 9.11. The van der Waals surface area contributed by atoms with Crippen LogP contribution in [0.2, 0.25) is 0 Å². The molecular weight excluding hydrogens is 214 g/mol. The van der Waals surface area contributed by atoms with Gasteiger partial charge in [0, 0.05) is 20.2 Å². The van der Waals surface area contributed by atoms with Gasteiger partial charge in [-0.1, -0.05) is 6.92 Å². The predicted molar refractivity (Wildman–Crippen MR) is 57.2 cm³/mol. The van der Waals surface area contributed by atoms with E-state index in [4.69, 9.17) is 14.6 Å². The molecule has 0 aliphatic rings. The van der Waals surface area contributed by atoms with Gasteiger partial charge in [-0.3, -0.25) is 4.79 Å². The Labute approximate surface area is 95.1 Å². The third-order valence-electron chi connectivity index (χ3n) is 1.86. The van der Waals surface area contributed by atoms with Crippen LogP contribution in [-0.4, -0.2) is 61.9 Å². The van der Waals surface area contributed by atoms with Crippen LogP contribution in [0.3, 0.4) is 0 Å². The van der Waals surface area contributed by atoms with Crippen LogP contribution in [0.5, 0.6) is 0 Å². The lowest BCUT2D eigenvalue weighted by atomic mass is 10.4. The summed E-state index contributed by atoms with van der Waals surface area (Å²) in [5.74, 6) is -1.29. The molecular formula is C10H19NO5. The average molecular weight is 233 g/mol. The maximum absolute atomic E-state index is 11.6. The van der Waals surface area contributed by atoms with Crippen molar-refractivity contribution in [2.75, 3.05) is 40.0 Å². The number of carboxylic acid groups (broad SMARTS) is 1. The van der Waals surface area contributed by atoms with E-state index in [0.717, 1.165) is 6.42 Å². The van der Waals surface area contributed by atoms with E-state index < -0.39 is 12.6 Å². The van der Waals surface area contributed by atoms with E-state index in [2.05, 4.69) is 0 Å². The Bertz CT molecular complexity index is 219. The largest absolute Gasteiger partial charge is 0.480 e. The Balaban J connectivity index is 3.90. The van der Waals surface area contributed by atoms with Crippen LogP contribution >= 0.6 is 0 Å². The molecule has 0 aromatic carbocycles. The summed E-state index contributed by atoms with van der Waals surface area (Å²) in [6, 6.07) is 0. The number of amides is 1. The molecule has 0 saturated carbocycles. The van der Waals surface area contributed by atoms with E-state index in [9.17, 15) is 9.59 Å². The van der Waals surface area contributed by atoms with Gasteiger partial charge in [-0.25, -0.2) is 4.79 Å². The SMILES string of the molecule is CCCN(CCOC)C(=O)COCC(=O)O. The van der Waals surface area contributed by atoms with Gasteiger partial charge < -0.3 is 19.5 Å². The fraction of sp³-hybridized carbons (Fsp3) is 0.800. The lowest BCUT2D eigenvalue weighted by Crippen LogP contribution is -2.37. The van der Waals surface area contributed by atoms with Gasteiger partial charge in [-0.15, -0.1) is 0 Å². The first-order valence-corrected chi connectivity index (χ1v) is 5.18. The minimum atomic E-state index is -1.08. The van der Waals surface area contributed by atoms with Crippen molar-refractivity contribution in [1.29, 1.82) is 0 Å². The molecule has 16 heavy (non-hydrogen) atoms. The van der Waals surface area contributed by atoms with Crippen LogP contribution in [0.1, 0.15) is 13.3 Å². The first kappa shape index (κ1) is 14.9. The number of rotatable bonds is 9. The second-order valence-electron chi connectivity index (χ2n) is 3.26. The number of hydrogen-bond donors (Lipinski definition) is 1. The molecule has 94 valence electrons. The van der Waals surface area contributed by atoms with E-state index in [1.165, 1.54) is 0 Å². The highest BCUT2D eigenvalue weighted by atomic mass is 16.5. The van der Waals surface area contributed by atoms with Crippen molar-refractivity contribution in [3.8, 4) is 0 Å². The normalized spacial score (nSPS) is 10.1. The van der Waals surface area contributed by atoms with Crippen LogP contribution < -0.4 is 0 Å². The molecule has 6 heteroatoms. The molecule has 1 amide bonds. The molecule has 0 unspecified atom stereocenters. The molecule has 0 atom stereocenters. The summed E-state index contributed by atoms with van der Waals surface area (Å²) < 4.78 is 9.62. The molecule has 0 bridgehead atoms. The monoisotopic (exact) mass is 233 g/mol. The summed E-state index contributed by atoms with van der Waals surface area (Å²) in [5.41, 5.74) is 0. The lowest BCUT2D eigenvalue weighted by molar-refractivity contribution is -0.146. The zero-order valence-corrected chi connectivity index (χ0v) is 9.77. The minimum Gasteiger partial charge on any atom is -0.480 e. The molecule has 1 N–H and O–H groups in total. The van der Waals surface area contributed by atoms with Crippen molar-refractivity contribution in [1.82, 2.24) is 4.90 Å². The standard InChI is InChI=1S/C10H19NO5/c1-3-4-11(5-6-15-2)9(12)7-16-8-10(13)14/h3-8H2,1-2H3,(H,13,14). The Morgan fingerprint density at radius 3 is 2.44 bits per heavy atom. The summed E-state index contributed by atoms with van der Waals surface area (Å²) in [7, 11) is 1.57. The second-order valence-corrected chi connectivity index (χ2v) is 3.26. The van der Waals surface area contributed by atoms with E-state index in [1.54, 1.807) is 12.0 Å². The van der Waals surface area contributed by atoms with Crippen molar-refractivity contribution in [2.24, 2.45) is 0 Å². The van der Waals surface area contributed by atoms with Crippen LogP contribution in [0, 0.1) is 0 Å². The molecule has 0 saturated heterocycles. The van der Waals surface area contributed by atoms with Gasteiger partial charge in [0.05, 0.1) is 6.61 Å². The summed E-state index contributed by atoms with van der Waals surface area (Å²) in [6.07, 6.45) is 0.842.